The second-order valence-corrected chi connectivity index (χ2v) is 8.25. The molecular weight excluding hydrogens is 362 g/mol. The summed E-state index contributed by atoms with van der Waals surface area (Å²) in [6.45, 7) is 4.31. The number of hydrogen-bond donors (Lipinski definition) is 1. The Hall–Kier alpha value is -2.31. The van der Waals surface area contributed by atoms with Gasteiger partial charge in [-0.05, 0) is 49.7 Å². The lowest BCUT2D eigenvalue weighted by atomic mass is 10.2. The molecule has 0 unspecified atom stereocenters. The highest BCUT2D eigenvalue weighted by Gasteiger charge is 2.10. The normalized spacial score (nSPS) is 10.6. The Labute approximate surface area is 162 Å². The van der Waals surface area contributed by atoms with Crippen LogP contribution in [0.2, 0.25) is 0 Å². The average Bonchev–Trinajstić information content (AvgIpc) is 3.03. The summed E-state index contributed by atoms with van der Waals surface area (Å²) in [6.07, 6.45) is 0. The van der Waals surface area contributed by atoms with Gasteiger partial charge in [0.25, 0.3) is 0 Å². The van der Waals surface area contributed by atoms with E-state index in [-0.39, 0.29) is 5.91 Å². The number of hydrogen-bond acceptors (Lipinski definition) is 5. The molecule has 0 aliphatic heterocycles. The highest BCUT2D eigenvalue weighted by molar-refractivity contribution is 8.01. The number of nitrogens with zero attached hydrogens (tertiary/aromatic N) is 2. The number of benzene rings is 2. The molecule has 0 aliphatic carbocycles. The van der Waals surface area contributed by atoms with Crippen molar-refractivity contribution in [3.05, 3.63) is 65.2 Å². The van der Waals surface area contributed by atoms with Gasteiger partial charge in [0.05, 0.1) is 6.54 Å². The van der Waals surface area contributed by atoms with Gasteiger partial charge in [0, 0.05) is 34.4 Å². The lowest BCUT2D eigenvalue weighted by Crippen LogP contribution is -2.30. The molecule has 1 N–H and O–H groups in total. The molecule has 0 spiro atoms. The third-order valence-corrected chi connectivity index (χ3v) is 5.90. The SMILES string of the molecule is Cc1csc(Sc2ccc(NC(=O)CN(C)c3ccccc3)c(C)c2)n1. The fourth-order valence-corrected chi connectivity index (χ4v) is 4.41. The van der Waals surface area contributed by atoms with Gasteiger partial charge in [-0.15, -0.1) is 11.3 Å². The summed E-state index contributed by atoms with van der Waals surface area (Å²) in [5, 5.41) is 5.05. The summed E-state index contributed by atoms with van der Waals surface area (Å²) in [4.78, 5) is 19.9. The first kappa shape index (κ1) is 18.5. The number of nitrogens with one attached hydrogen (secondary N) is 1. The lowest BCUT2D eigenvalue weighted by molar-refractivity contribution is -0.114. The smallest absolute Gasteiger partial charge is 0.243 e. The second-order valence-electron chi connectivity index (χ2n) is 6.07. The third-order valence-electron chi connectivity index (χ3n) is 3.85. The maximum absolute atomic E-state index is 12.4. The Morgan fingerprint density at radius 1 is 1.19 bits per heavy atom. The van der Waals surface area contributed by atoms with Crippen LogP contribution in [0.15, 0.2) is 63.1 Å². The first-order valence-electron chi connectivity index (χ1n) is 8.28. The van der Waals surface area contributed by atoms with E-state index < -0.39 is 0 Å². The van der Waals surface area contributed by atoms with Gasteiger partial charge < -0.3 is 10.2 Å². The van der Waals surface area contributed by atoms with Gasteiger partial charge >= 0.3 is 0 Å². The zero-order chi connectivity index (χ0) is 18.5. The first-order valence-corrected chi connectivity index (χ1v) is 9.97. The third kappa shape index (κ3) is 4.86. The Morgan fingerprint density at radius 3 is 2.62 bits per heavy atom. The van der Waals surface area contributed by atoms with Crippen LogP contribution in [0.4, 0.5) is 11.4 Å². The van der Waals surface area contributed by atoms with Crippen molar-refractivity contribution >= 4 is 40.4 Å². The van der Waals surface area contributed by atoms with Crippen molar-refractivity contribution in [2.24, 2.45) is 0 Å². The summed E-state index contributed by atoms with van der Waals surface area (Å²) in [6, 6.07) is 15.9. The number of aryl methyl sites for hydroxylation is 2. The number of rotatable bonds is 6. The molecule has 0 saturated heterocycles. The molecule has 4 nitrogen and oxygen atoms in total. The van der Waals surface area contributed by atoms with Gasteiger partial charge in [-0.3, -0.25) is 4.79 Å². The molecule has 1 amide bonds. The van der Waals surface area contributed by atoms with Crippen LogP contribution in [-0.4, -0.2) is 24.5 Å². The van der Waals surface area contributed by atoms with Gasteiger partial charge in [0.2, 0.25) is 5.91 Å². The van der Waals surface area contributed by atoms with Crippen molar-refractivity contribution in [3.8, 4) is 0 Å². The van der Waals surface area contributed by atoms with Crippen molar-refractivity contribution < 1.29 is 4.79 Å². The van der Waals surface area contributed by atoms with E-state index in [0.717, 1.165) is 31.9 Å². The molecule has 0 fully saturated rings. The molecule has 0 bridgehead atoms. The summed E-state index contributed by atoms with van der Waals surface area (Å²) >= 11 is 3.29. The largest absolute Gasteiger partial charge is 0.365 e. The van der Waals surface area contributed by atoms with Crippen molar-refractivity contribution in [1.29, 1.82) is 0 Å². The van der Waals surface area contributed by atoms with E-state index in [4.69, 9.17) is 0 Å². The number of aromatic nitrogens is 1. The van der Waals surface area contributed by atoms with Gasteiger partial charge in [-0.1, -0.05) is 30.0 Å². The van der Waals surface area contributed by atoms with E-state index in [0.29, 0.717) is 6.54 Å². The monoisotopic (exact) mass is 383 g/mol. The van der Waals surface area contributed by atoms with Crippen LogP contribution >= 0.6 is 23.1 Å². The van der Waals surface area contributed by atoms with E-state index in [1.54, 1.807) is 23.1 Å². The van der Waals surface area contributed by atoms with Crippen LogP contribution in [0.3, 0.4) is 0 Å². The summed E-state index contributed by atoms with van der Waals surface area (Å²) < 4.78 is 1.03. The molecule has 1 heterocycles. The maximum atomic E-state index is 12.4. The van der Waals surface area contributed by atoms with Crippen molar-refractivity contribution in [2.75, 3.05) is 23.8 Å². The lowest BCUT2D eigenvalue weighted by Gasteiger charge is -2.19. The molecule has 0 radical (unpaired) electrons. The van der Waals surface area contributed by atoms with Gasteiger partial charge in [0.1, 0.15) is 0 Å². The Morgan fingerprint density at radius 2 is 1.96 bits per heavy atom. The fraction of sp³-hybridized carbons (Fsp3) is 0.200. The first-order chi connectivity index (χ1) is 12.5. The number of anilines is 2. The standard InChI is InChI=1S/C20H21N3OS2/c1-14-11-17(26-20-21-15(2)13-25-20)9-10-18(14)22-19(24)12-23(3)16-7-5-4-6-8-16/h4-11,13H,12H2,1-3H3,(H,22,24). The van der Waals surface area contributed by atoms with E-state index in [1.807, 2.05) is 73.6 Å². The number of amides is 1. The quantitative estimate of drug-likeness (QED) is 0.652. The number of thiazole rings is 1. The molecule has 0 aliphatic rings. The van der Waals surface area contributed by atoms with Gasteiger partial charge in [-0.25, -0.2) is 4.98 Å². The molecular formula is C20H21N3OS2. The predicted molar refractivity (Wildman–Crippen MR) is 110 cm³/mol. The van der Waals surface area contributed by atoms with Crippen LogP contribution in [0.5, 0.6) is 0 Å². The van der Waals surface area contributed by atoms with Crippen LogP contribution in [0.1, 0.15) is 11.3 Å². The van der Waals surface area contributed by atoms with Gasteiger partial charge in [-0.2, -0.15) is 0 Å². The highest BCUT2D eigenvalue weighted by atomic mass is 32.2. The average molecular weight is 384 g/mol. The van der Waals surface area contributed by atoms with E-state index in [2.05, 4.69) is 16.4 Å². The van der Waals surface area contributed by atoms with E-state index in [9.17, 15) is 4.79 Å². The minimum atomic E-state index is -0.0320. The van der Waals surface area contributed by atoms with Crippen molar-refractivity contribution in [1.82, 2.24) is 4.98 Å². The van der Waals surface area contributed by atoms with Crippen LogP contribution in [0.25, 0.3) is 0 Å². The molecule has 2 aromatic carbocycles. The number of carbonyl (C=O) groups is 1. The fourth-order valence-electron chi connectivity index (χ4n) is 2.50. The summed E-state index contributed by atoms with van der Waals surface area (Å²) in [5.41, 5.74) is 3.95. The zero-order valence-corrected chi connectivity index (χ0v) is 16.7. The Bertz CT molecular complexity index is 893. The van der Waals surface area contributed by atoms with Crippen molar-refractivity contribution in [2.45, 2.75) is 23.1 Å². The van der Waals surface area contributed by atoms with E-state index >= 15 is 0 Å². The topological polar surface area (TPSA) is 45.2 Å². The number of likely N-dealkylation sites (N-methyl/N-ethyl adjacent to an activating group) is 1. The number of para-hydroxylation sites is 1. The summed E-state index contributed by atoms with van der Waals surface area (Å²) in [7, 11) is 1.91. The molecule has 3 rings (SSSR count). The maximum Gasteiger partial charge on any atom is 0.243 e. The van der Waals surface area contributed by atoms with E-state index in [1.165, 1.54) is 0 Å². The summed E-state index contributed by atoms with van der Waals surface area (Å²) in [5.74, 6) is -0.0320. The molecule has 1 aromatic heterocycles. The molecule has 0 saturated carbocycles. The zero-order valence-electron chi connectivity index (χ0n) is 15.0. The molecule has 6 heteroatoms. The molecule has 134 valence electrons. The minimum Gasteiger partial charge on any atom is -0.365 e. The Balaban J connectivity index is 1.61. The minimum absolute atomic E-state index is 0.0320. The predicted octanol–water partition coefficient (Wildman–Crippen LogP) is 4.99. The Kier molecular flexibility index (Phi) is 5.96. The molecule has 0 atom stereocenters. The molecule has 3 aromatic rings. The molecule has 26 heavy (non-hydrogen) atoms. The number of carbonyl (C=O) groups excluding carboxylic acids is 1. The van der Waals surface area contributed by atoms with Crippen LogP contribution < -0.4 is 10.2 Å². The second kappa shape index (κ2) is 8.38. The highest BCUT2D eigenvalue weighted by Crippen LogP contribution is 2.32. The van der Waals surface area contributed by atoms with Gasteiger partial charge in [0.15, 0.2) is 4.34 Å². The van der Waals surface area contributed by atoms with Crippen LogP contribution in [-0.2, 0) is 4.79 Å². The van der Waals surface area contributed by atoms with Crippen LogP contribution in [0, 0.1) is 13.8 Å². The van der Waals surface area contributed by atoms with Crippen molar-refractivity contribution in [3.63, 3.8) is 0 Å².